The highest BCUT2D eigenvalue weighted by atomic mass is 19.1. The van der Waals surface area contributed by atoms with Gasteiger partial charge in [0.1, 0.15) is 0 Å². The van der Waals surface area contributed by atoms with Crippen molar-refractivity contribution < 1.29 is 13.9 Å². The van der Waals surface area contributed by atoms with E-state index in [0.29, 0.717) is 12.1 Å². The third-order valence-electron chi connectivity index (χ3n) is 3.16. The predicted octanol–water partition coefficient (Wildman–Crippen LogP) is 2.72. The third kappa shape index (κ3) is 3.03. The highest BCUT2D eigenvalue weighted by Gasteiger charge is 2.12. The Labute approximate surface area is 117 Å². The van der Waals surface area contributed by atoms with Gasteiger partial charge in [-0.2, -0.15) is 0 Å². The largest absolute Gasteiger partial charge is 0.494 e. The molecule has 2 N–H and O–H groups in total. The Morgan fingerprint density at radius 1 is 1.20 bits per heavy atom. The summed E-state index contributed by atoms with van der Waals surface area (Å²) in [7, 11) is 1.39. The molecule has 0 heterocycles. The Bertz CT molecular complexity index is 626. The summed E-state index contributed by atoms with van der Waals surface area (Å²) in [6.07, 6.45) is 0.207. The monoisotopic (exact) mass is 273 g/mol. The van der Waals surface area contributed by atoms with Gasteiger partial charge in [0, 0.05) is 18.5 Å². The maximum Gasteiger partial charge on any atom is 0.167 e. The molecule has 0 unspecified atom stereocenters. The maximum absolute atomic E-state index is 13.6. The molecular weight excluding hydrogens is 257 g/mol. The van der Waals surface area contributed by atoms with E-state index in [-0.39, 0.29) is 18.0 Å². The number of methoxy groups -OCH3 is 1. The van der Waals surface area contributed by atoms with Crippen LogP contribution in [-0.2, 0) is 13.0 Å². The fourth-order valence-electron chi connectivity index (χ4n) is 2.04. The minimum absolute atomic E-state index is 0.129. The first kappa shape index (κ1) is 14.2. The maximum atomic E-state index is 13.6. The number of ketones is 1. The molecule has 0 atom stereocenters. The van der Waals surface area contributed by atoms with E-state index in [1.165, 1.54) is 19.2 Å². The van der Waals surface area contributed by atoms with Crippen molar-refractivity contribution in [2.24, 2.45) is 5.73 Å². The molecule has 0 saturated carbocycles. The quantitative estimate of drug-likeness (QED) is 0.852. The average Bonchev–Trinajstić information content (AvgIpc) is 2.47. The van der Waals surface area contributed by atoms with E-state index in [9.17, 15) is 9.18 Å². The number of halogens is 1. The second-order valence-electron chi connectivity index (χ2n) is 4.42. The molecule has 0 fully saturated rings. The number of nitrogens with two attached hydrogens (primary N) is 1. The minimum Gasteiger partial charge on any atom is -0.494 e. The van der Waals surface area contributed by atoms with Crippen molar-refractivity contribution in [1.29, 1.82) is 0 Å². The third-order valence-corrected chi connectivity index (χ3v) is 3.16. The Kier molecular flexibility index (Phi) is 4.48. The van der Waals surface area contributed by atoms with Gasteiger partial charge in [0.25, 0.3) is 0 Å². The van der Waals surface area contributed by atoms with Gasteiger partial charge in [-0.3, -0.25) is 4.79 Å². The molecule has 20 heavy (non-hydrogen) atoms. The number of carbonyl (C=O) groups is 1. The first-order valence-electron chi connectivity index (χ1n) is 6.29. The highest BCUT2D eigenvalue weighted by Crippen LogP contribution is 2.19. The number of Topliss-reactive ketones (excluding diaryl/α,β-unsaturated/α-hetero) is 1. The van der Waals surface area contributed by atoms with E-state index >= 15 is 0 Å². The number of hydrogen-bond acceptors (Lipinski definition) is 3. The summed E-state index contributed by atoms with van der Waals surface area (Å²) in [6, 6.07) is 11.7. The average molecular weight is 273 g/mol. The van der Waals surface area contributed by atoms with E-state index in [1.54, 1.807) is 6.07 Å². The van der Waals surface area contributed by atoms with Gasteiger partial charge in [0.15, 0.2) is 17.3 Å². The number of benzene rings is 2. The number of rotatable bonds is 5. The number of hydrogen-bond donors (Lipinski definition) is 1. The van der Waals surface area contributed by atoms with Crippen LogP contribution in [0.25, 0.3) is 0 Å². The summed E-state index contributed by atoms with van der Waals surface area (Å²) in [4.78, 5) is 12.2. The van der Waals surface area contributed by atoms with Crippen LogP contribution in [0.15, 0.2) is 42.5 Å². The lowest BCUT2D eigenvalue weighted by Gasteiger charge is -2.08. The summed E-state index contributed by atoms with van der Waals surface area (Å²) in [6.45, 7) is 0.375. The van der Waals surface area contributed by atoms with Gasteiger partial charge >= 0.3 is 0 Å². The summed E-state index contributed by atoms with van der Waals surface area (Å²) < 4.78 is 18.4. The molecule has 3 nitrogen and oxygen atoms in total. The van der Waals surface area contributed by atoms with Crippen molar-refractivity contribution in [3.8, 4) is 5.75 Å². The normalized spacial score (nSPS) is 10.3. The second kappa shape index (κ2) is 6.30. The van der Waals surface area contributed by atoms with Crippen LogP contribution in [0.5, 0.6) is 5.75 Å². The minimum atomic E-state index is -0.537. The van der Waals surface area contributed by atoms with Gasteiger partial charge in [-0.1, -0.05) is 24.3 Å². The van der Waals surface area contributed by atoms with Gasteiger partial charge in [-0.25, -0.2) is 4.39 Å². The number of carbonyl (C=O) groups excluding carboxylic acids is 1. The van der Waals surface area contributed by atoms with Crippen LogP contribution in [0.1, 0.15) is 21.5 Å². The van der Waals surface area contributed by atoms with Gasteiger partial charge < -0.3 is 10.5 Å². The van der Waals surface area contributed by atoms with Crippen LogP contribution in [0.2, 0.25) is 0 Å². The van der Waals surface area contributed by atoms with E-state index in [0.717, 1.165) is 11.1 Å². The molecule has 0 aliphatic rings. The summed E-state index contributed by atoms with van der Waals surface area (Å²) in [5, 5.41) is 0. The molecule has 104 valence electrons. The highest BCUT2D eigenvalue weighted by molar-refractivity contribution is 5.97. The summed E-state index contributed by atoms with van der Waals surface area (Å²) in [5.74, 6) is -0.554. The zero-order valence-corrected chi connectivity index (χ0v) is 11.2. The van der Waals surface area contributed by atoms with Crippen molar-refractivity contribution >= 4 is 5.78 Å². The van der Waals surface area contributed by atoms with Crippen LogP contribution < -0.4 is 10.5 Å². The molecule has 2 aromatic carbocycles. The molecule has 0 aliphatic carbocycles. The van der Waals surface area contributed by atoms with Gasteiger partial charge in [0.05, 0.1) is 7.11 Å². The molecule has 0 radical (unpaired) electrons. The van der Waals surface area contributed by atoms with Crippen molar-refractivity contribution in [3.63, 3.8) is 0 Å². The van der Waals surface area contributed by atoms with Crippen LogP contribution in [0.3, 0.4) is 0 Å². The standard InChI is InChI=1S/C16H16FNO2/c1-20-16-7-6-12(8-14(16)17)15(19)9-11-4-2-3-5-13(11)10-18/h2-8H,9-10,18H2,1H3. The molecule has 0 amide bonds. The van der Waals surface area contributed by atoms with Crippen molar-refractivity contribution in [1.82, 2.24) is 0 Å². The van der Waals surface area contributed by atoms with Crippen molar-refractivity contribution in [2.45, 2.75) is 13.0 Å². The topological polar surface area (TPSA) is 52.3 Å². The summed E-state index contributed by atoms with van der Waals surface area (Å²) in [5.41, 5.74) is 7.77. The molecule has 0 spiro atoms. The SMILES string of the molecule is COc1ccc(C(=O)Cc2ccccc2CN)cc1F. The van der Waals surface area contributed by atoms with Crippen LogP contribution in [0.4, 0.5) is 4.39 Å². The van der Waals surface area contributed by atoms with E-state index < -0.39 is 5.82 Å². The van der Waals surface area contributed by atoms with Crippen LogP contribution in [-0.4, -0.2) is 12.9 Å². The Morgan fingerprint density at radius 3 is 2.50 bits per heavy atom. The van der Waals surface area contributed by atoms with E-state index in [1.807, 2.05) is 24.3 Å². The number of ether oxygens (including phenoxy) is 1. The Balaban J connectivity index is 2.22. The fourth-order valence-corrected chi connectivity index (χ4v) is 2.04. The molecule has 0 aliphatic heterocycles. The van der Waals surface area contributed by atoms with Crippen molar-refractivity contribution in [3.05, 3.63) is 65.0 Å². The molecule has 2 aromatic rings. The van der Waals surface area contributed by atoms with Gasteiger partial charge in [-0.05, 0) is 29.3 Å². The fraction of sp³-hybridized carbons (Fsp3) is 0.188. The molecule has 0 bridgehead atoms. The van der Waals surface area contributed by atoms with Crippen LogP contribution in [0, 0.1) is 5.82 Å². The molecule has 4 heteroatoms. The zero-order chi connectivity index (χ0) is 14.5. The first-order valence-corrected chi connectivity index (χ1v) is 6.29. The smallest absolute Gasteiger partial charge is 0.167 e. The molecule has 0 aromatic heterocycles. The Hall–Kier alpha value is -2.20. The zero-order valence-electron chi connectivity index (χ0n) is 11.2. The molecule has 0 saturated heterocycles. The lowest BCUT2D eigenvalue weighted by molar-refractivity contribution is 0.0992. The van der Waals surface area contributed by atoms with Gasteiger partial charge in [-0.15, -0.1) is 0 Å². The van der Waals surface area contributed by atoms with E-state index in [4.69, 9.17) is 10.5 Å². The second-order valence-corrected chi connectivity index (χ2v) is 4.42. The predicted molar refractivity (Wildman–Crippen MR) is 75.3 cm³/mol. The molecular formula is C16H16FNO2. The Morgan fingerprint density at radius 2 is 1.90 bits per heavy atom. The summed E-state index contributed by atoms with van der Waals surface area (Å²) >= 11 is 0. The van der Waals surface area contributed by atoms with Crippen molar-refractivity contribution in [2.75, 3.05) is 7.11 Å². The van der Waals surface area contributed by atoms with E-state index in [2.05, 4.69) is 0 Å². The lowest BCUT2D eigenvalue weighted by Crippen LogP contribution is -2.08. The van der Waals surface area contributed by atoms with Gasteiger partial charge in [0.2, 0.25) is 0 Å². The first-order chi connectivity index (χ1) is 9.65. The lowest BCUT2D eigenvalue weighted by atomic mass is 9.98. The molecule has 2 rings (SSSR count). The van der Waals surface area contributed by atoms with Crippen LogP contribution >= 0.6 is 0 Å².